The zero-order chi connectivity index (χ0) is 14.6. The molecule has 2 N–H and O–H groups in total. The maximum Gasteiger partial charge on any atom is 0.268 e. The van der Waals surface area contributed by atoms with Gasteiger partial charge in [0, 0.05) is 23.3 Å². The van der Waals surface area contributed by atoms with Crippen molar-refractivity contribution in [2.45, 2.75) is 46.3 Å². The molecule has 1 unspecified atom stereocenters. The van der Waals surface area contributed by atoms with E-state index in [-0.39, 0.29) is 18.5 Å². The van der Waals surface area contributed by atoms with E-state index in [0.717, 1.165) is 4.47 Å². The van der Waals surface area contributed by atoms with E-state index in [1.807, 2.05) is 38.5 Å². The fourth-order valence-corrected chi connectivity index (χ4v) is 2.42. The first-order valence-electron chi connectivity index (χ1n) is 6.65. The van der Waals surface area contributed by atoms with Gasteiger partial charge in [-0.1, -0.05) is 13.8 Å². The van der Waals surface area contributed by atoms with E-state index < -0.39 is 6.10 Å². The summed E-state index contributed by atoms with van der Waals surface area (Å²) in [6, 6.07) is 2.01. The molecule has 0 bridgehead atoms. The quantitative estimate of drug-likeness (QED) is 0.842. The fourth-order valence-electron chi connectivity index (χ4n) is 1.98. The Morgan fingerprint density at radius 2 is 2.05 bits per heavy atom. The molecule has 0 aliphatic carbocycles. The lowest BCUT2D eigenvalue weighted by Crippen LogP contribution is -2.34. The fraction of sp³-hybridized carbons (Fsp3) is 0.643. The summed E-state index contributed by atoms with van der Waals surface area (Å²) in [5.41, 5.74) is 0.610. The Bertz CT molecular complexity index is 427. The minimum Gasteiger partial charge on any atom is -0.391 e. The number of carbonyl (C=O) groups is 1. The lowest BCUT2D eigenvalue weighted by molar-refractivity contribution is 0.0890. The van der Waals surface area contributed by atoms with E-state index in [0.29, 0.717) is 18.0 Å². The number of hydrogen-bond acceptors (Lipinski definition) is 2. The van der Waals surface area contributed by atoms with Crippen molar-refractivity contribution >= 4 is 21.8 Å². The third kappa shape index (κ3) is 4.99. The number of amides is 1. The van der Waals surface area contributed by atoms with E-state index in [9.17, 15) is 9.90 Å². The van der Waals surface area contributed by atoms with Crippen LogP contribution in [-0.2, 0) is 0 Å². The second-order valence-corrected chi connectivity index (χ2v) is 6.45. The van der Waals surface area contributed by atoms with Gasteiger partial charge in [0.25, 0.3) is 5.91 Å². The van der Waals surface area contributed by atoms with Crippen molar-refractivity contribution < 1.29 is 9.90 Å². The molecule has 5 heteroatoms. The third-order valence-corrected chi connectivity index (χ3v) is 3.28. The van der Waals surface area contributed by atoms with Crippen molar-refractivity contribution in [1.82, 2.24) is 9.88 Å². The van der Waals surface area contributed by atoms with Crippen LogP contribution < -0.4 is 5.32 Å². The van der Waals surface area contributed by atoms with Crippen LogP contribution in [0.2, 0.25) is 0 Å². The molecule has 19 heavy (non-hydrogen) atoms. The molecule has 0 saturated carbocycles. The Kier molecular flexibility index (Phi) is 6.07. The maximum atomic E-state index is 12.1. The normalized spacial score (nSPS) is 13.1. The van der Waals surface area contributed by atoms with E-state index in [1.54, 1.807) is 6.07 Å². The molecule has 1 atom stereocenters. The van der Waals surface area contributed by atoms with Gasteiger partial charge in [0.2, 0.25) is 0 Å². The molecule has 0 aliphatic rings. The molecule has 108 valence electrons. The van der Waals surface area contributed by atoms with Crippen LogP contribution in [0.15, 0.2) is 16.7 Å². The molecule has 0 aromatic carbocycles. The SMILES string of the molecule is CC(C)CC(O)CNC(=O)c1cc(Br)cn1C(C)C. The van der Waals surface area contributed by atoms with Crippen LogP contribution in [-0.4, -0.2) is 28.2 Å². The Labute approximate surface area is 123 Å². The van der Waals surface area contributed by atoms with Crippen molar-refractivity contribution in [1.29, 1.82) is 0 Å². The van der Waals surface area contributed by atoms with Crippen LogP contribution in [0.25, 0.3) is 0 Å². The molecular weight excluding hydrogens is 308 g/mol. The summed E-state index contributed by atoms with van der Waals surface area (Å²) >= 11 is 3.38. The van der Waals surface area contributed by atoms with Crippen molar-refractivity contribution in [3.63, 3.8) is 0 Å². The van der Waals surface area contributed by atoms with Gasteiger partial charge in [0.1, 0.15) is 5.69 Å². The van der Waals surface area contributed by atoms with E-state index in [4.69, 9.17) is 0 Å². The Morgan fingerprint density at radius 1 is 1.42 bits per heavy atom. The lowest BCUT2D eigenvalue weighted by atomic mass is 10.1. The van der Waals surface area contributed by atoms with Crippen molar-refractivity contribution in [2.24, 2.45) is 5.92 Å². The molecule has 0 aliphatic heterocycles. The number of carbonyl (C=O) groups excluding carboxylic acids is 1. The summed E-state index contributed by atoms with van der Waals surface area (Å²) < 4.78 is 2.79. The van der Waals surface area contributed by atoms with Crippen LogP contribution in [0.1, 0.15) is 50.6 Å². The highest BCUT2D eigenvalue weighted by atomic mass is 79.9. The van der Waals surface area contributed by atoms with Gasteiger partial charge in [-0.3, -0.25) is 4.79 Å². The molecule has 1 aromatic heterocycles. The van der Waals surface area contributed by atoms with Gasteiger partial charge < -0.3 is 15.0 Å². The second kappa shape index (κ2) is 7.10. The molecule has 0 spiro atoms. The number of nitrogens with one attached hydrogen (secondary N) is 1. The molecule has 0 fully saturated rings. The number of aromatic nitrogens is 1. The van der Waals surface area contributed by atoms with Gasteiger partial charge in [0.15, 0.2) is 0 Å². The third-order valence-electron chi connectivity index (χ3n) is 2.85. The molecule has 4 nitrogen and oxygen atoms in total. The second-order valence-electron chi connectivity index (χ2n) is 5.54. The molecule has 1 rings (SSSR count). The van der Waals surface area contributed by atoms with Gasteiger partial charge in [0.05, 0.1) is 6.10 Å². The van der Waals surface area contributed by atoms with Crippen molar-refractivity contribution in [2.75, 3.05) is 6.54 Å². The minimum atomic E-state index is -0.491. The average Bonchev–Trinajstić information content (AvgIpc) is 2.67. The van der Waals surface area contributed by atoms with E-state index >= 15 is 0 Å². The van der Waals surface area contributed by atoms with E-state index in [1.165, 1.54) is 0 Å². The number of aliphatic hydroxyl groups is 1. The summed E-state index contributed by atoms with van der Waals surface area (Å²) in [7, 11) is 0. The number of rotatable bonds is 6. The predicted octanol–water partition coefficient (Wildman–Crippen LogP) is 2.97. The van der Waals surface area contributed by atoms with Crippen LogP contribution in [0, 0.1) is 5.92 Å². The van der Waals surface area contributed by atoms with Crippen LogP contribution in [0.4, 0.5) is 0 Å². The standard InChI is InChI=1S/C14H23BrN2O2/c1-9(2)5-12(18)7-16-14(19)13-6-11(15)8-17(13)10(3)4/h6,8-10,12,18H,5,7H2,1-4H3,(H,16,19). The first kappa shape index (κ1) is 16.2. The highest BCUT2D eigenvalue weighted by Gasteiger charge is 2.16. The van der Waals surface area contributed by atoms with Crippen molar-refractivity contribution in [3.05, 3.63) is 22.4 Å². The van der Waals surface area contributed by atoms with Crippen LogP contribution in [0.3, 0.4) is 0 Å². The average molecular weight is 331 g/mol. The summed E-state index contributed by atoms with van der Waals surface area (Å²) in [5, 5.41) is 12.6. The Balaban J connectivity index is 2.63. The number of nitrogens with zero attached hydrogens (tertiary/aromatic N) is 1. The molecular formula is C14H23BrN2O2. The minimum absolute atomic E-state index is 0.151. The van der Waals surface area contributed by atoms with Gasteiger partial charge in [-0.25, -0.2) is 0 Å². The highest BCUT2D eigenvalue weighted by Crippen LogP contribution is 2.19. The molecule has 0 saturated heterocycles. The monoisotopic (exact) mass is 330 g/mol. The number of hydrogen-bond donors (Lipinski definition) is 2. The Hall–Kier alpha value is -0.810. The zero-order valence-electron chi connectivity index (χ0n) is 12.0. The Morgan fingerprint density at radius 3 is 2.58 bits per heavy atom. The topological polar surface area (TPSA) is 54.3 Å². The summed E-state index contributed by atoms with van der Waals surface area (Å²) in [4.78, 5) is 12.1. The number of aliphatic hydroxyl groups excluding tert-OH is 1. The van der Waals surface area contributed by atoms with Gasteiger partial charge in [-0.15, -0.1) is 0 Å². The first-order chi connectivity index (χ1) is 8.81. The van der Waals surface area contributed by atoms with E-state index in [2.05, 4.69) is 21.2 Å². The van der Waals surface area contributed by atoms with Gasteiger partial charge in [-0.2, -0.15) is 0 Å². The number of halogens is 1. The summed E-state index contributed by atoms with van der Waals surface area (Å²) in [6.45, 7) is 8.43. The summed E-state index contributed by atoms with van der Waals surface area (Å²) in [6.07, 6.45) is 2.09. The lowest BCUT2D eigenvalue weighted by Gasteiger charge is -2.16. The summed E-state index contributed by atoms with van der Waals surface area (Å²) in [5.74, 6) is 0.266. The molecule has 1 heterocycles. The van der Waals surface area contributed by atoms with Crippen LogP contribution >= 0.6 is 15.9 Å². The van der Waals surface area contributed by atoms with Gasteiger partial charge in [-0.05, 0) is 48.2 Å². The highest BCUT2D eigenvalue weighted by molar-refractivity contribution is 9.10. The first-order valence-corrected chi connectivity index (χ1v) is 7.44. The molecule has 0 radical (unpaired) electrons. The molecule has 1 aromatic rings. The zero-order valence-corrected chi connectivity index (χ0v) is 13.6. The van der Waals surface area contributed by atoms with Crippen molar-refractivity contribution in [3.8, 4) is 0 Å². The van der Waals surface area contributed by atoms with Gasteiger partial charge >= 0.3 is 0 Å². The maximum absolute atomic E-state index is 12.1. The largest absolute Gasteiger partial charge is 0.391 e. The van der Waals surface area contributed by atoms with Crippen LogP contribution in [0.5, 0.6) is 0 Å². The predicted molar refractivity (Wildman–Crippen MR) is 80.3 cm³/mol. The smallest absolute Gasteiger partial charge is 0.268 e. The molecule has 1 amide bonds.